The maximum atomic E-state index is 12.5. The fourth-order valence-electron chi connectivity index (χ4n) is 3.53. The number of benzene rings is 2. The maximum absolute atomic E-state index is 12.5. The van der Waals surface area contributed by atoms with E-state index in [-0.39, 0.29) is 17.9 Å². The number of rotatable bonds is 9. The van der Waals surface area contributed by atoms with Crippen molar-refractivity contribution >= 4 is 24.2 Å². The van der Waals surface area contributed by atoms with E-state index in [0.29, 0.717) is 11.1 Å². The molecular weight excluding hydrogens is 522 g/mol. The molecule has 0 bridgehead atoms. The lowest BCUT2D eigenvalue weighted by molar-refractivity contribution is -0.139. The molecule has 0 aliphatic carbocycles. The Balaban J connectivity index is 2.40. The Morgan fingerprint density at radius 3 is 1.85 bits per heavy atom. The zero-order valence-electron chi connectivity index (χ0n) is 23.8. The first-order valence-electron chi connectivity index (χ1n) is 12.6. The van der Waals surface area contributed by atoms with Crippen LogP contribution in [0.15, 0.2) is 48.5 Å². The molecule has 2 unspecified atom stereocenters. The van der Waals surface area contributed by atoms with Crippen molar-refractivity contribution in [3.63, 3.8) is 0 Å². The van der Waals surface area contributed by atoms with E-state index in [1.165, 1.54) is 18.2 Å². The summed E-state index contributed by atoms with van der Waals surface area (Å²) in [6.45, 7) is 11.5. The van der Waals surface area contributed by atoms with Crippen molar-refractivity contribution in [2.75, 3.05) is 0 Å². The first-order chi connectivity index (χ1) is 18.4. The Labute approximate surface area is 233 Å². The number of carbonyl (C=O) groups is 4. The van der Waals surface area contributed by atoms with Gasteiger partial charge in [0.05, 0.1) is 5.56 Å². The second-order valence-corrected chi connectivity index (χ2v) is 11.1. The van der Waals surface area contributed by atoms with Crippen LogP contribution in [0.3, 0.4) is 0 Å². The van der Waals surface area contributed by atoms with Gasteiger partial charge in [0.2, 0.25) is 0 Å². The quantitative estimate of drug-likeness (QED) is 0.228. The Hall–Kier alpha value is -4.12. The summed E-state index contributed by atoms with van der Waals surface area (Å²) in [5.41, 5.74) is 4.96. The Morgan fingerprint density at radius 1 is 0.825 bits per heavy atom. The van der Waals surface area contributed by atoms with E-state index in [1.54, 1.807) is 78.8 Å². The molecule has 3 N–H and O–H groups in total. The highest BCUT2D eigenvalue weighted by atomic mass is 16.8. The molecule has 0 amide bonds. The summed E-state index contributed by atoms with van der Waals surface area (Å²) in [6.07, 6.45) is -2.85. The lowest BCUT2D eigenvalue weighted by Crippen LogP contribution is -2.38. The van der Waals surface area contributed by atoms with Gasteiger partial charge in [-0.15, -0.1) is 0 Å². The number of carboxylic acids is 1. The number of esters is 1. The normalized spacial score (nSPS) is 13.8. The third-order valence-corrected chi connectivity index (χ3v) is 5.18. The van der Waals surface area contributed by atoms with Crippen LogP contribution in [-0.4, -0.2) is 52.7 Å². The minimum absolute atomic E-state index is 0.0180. The van der Waals surface area contributed by atoms with Crippen LogP contribution >= 0.6 is 0 Å². The molecule has 2 aromatic carbocycles. The molecule has 11 nitrogen and oxygen atoms in total. The summed E-state index contributed by atoms with van der Waals surface area (Å²) < 4.78 is 26.5. The lowest BCUT2D eigenvalue weighted by Gasteiger charge is -2.26. The van der Waals surface area contributed by atoms with Gasteiger partial charge in [-0.3, -0.25) is 4.79 Å². The zero-order valence-corrected chi connectivity index (χ0v) is 23.8. The average Bonchev–Trinajstić information content (AvgIpc) is 2.81. The molecule has 0 saturated carbocycles. The molecule has 0 spiro atoms. The topological polar surface area (TPSA) is 161 Å². The molecular formula is C29H37NO10. The van der Waals surface area contributed by atoms with E-state index < -0.39 is 53.5 Å². The largest absolute Gasteiger partial charge is 0.514 e. The summed E-state index contributed by atoms with van der Waals surface area (Å²) in [7, 11) is 0. The summed E-state index contributed by atoms with van der Waals surface area (Å²) >= 11 is 0. The van der Waals surface area contributed by atoms with Gasteiger partial charge in [0, 0.05) is 5.92 Å². The molecule has 0 aromatic heterocycles. The number of ether oxygens (including phenoxy) is 5. The van der Waals surface area contributed by atoms with E-state index in [0.717, 1.165) is 0 Å². The second kappa shape index (κ2) is 13.3. The first-order valence-corrected chi connectivity index (χ1v) is 12.6. The minimum Gasteiger partial charge on any atom is -0.480 e. The third kappa shape index (κ3) is 10.6. The van der Waals surface area contributed by atoms with Gasteiger partial charge in [-0.05, 0) is 84.7 Å². The fourth-order valence-corrected chi connectivity index (χ4v) is 3.53. The molecule has 40 heavy (non-hydrogen) atoms. The number of carbonyl (C=O) groups excluding carboxylic acids is 3. The van der Waals surface area contributed by atoms with Crippen molar-refractivity contribution in [2.24, 2.45) is 5.73 Å². The van der Waals surface area contributed by atoms with E-state index >= 15 is 0 Å². The van der Waals surface area contributed by atoms with Crippen LogP contribution in [0, 0.1) is 0 Å². The molecule has 3 atom stereocenters. The van der Waals surface area contributed by atoms with Gasteiger partial charge in [-0.25, -0.2) is 14.4 Å². The maximum Gasteiger partial charge on any atom is 0.514 e. The molecule has 0 radical (unpaired) electrons. The second-order valence-electron chi connectivity index (χ2n) is 11.1. The molecule has 0 heterocycles. The van der Waals surface area contributed by atoms with Gasteiger partial charge in [0.25, 0.3) is 0 Å². The predicted octanol–water partition coefficient (Wildman–Crippen LogP) is 5.45. The van der Waals surface area contributed by atoms with Gasteiger partial charge in [0.15, 0.2) is 11.5 Å². The van der Waals surface area contributed by atoms with E-state index in [1.807, 2.05) is 0 Å². The molecule has 0 saturated heterocycles. The summed E-state index contributed by atoms with van der Waals surface area (Å²) in [6, 6.07) is 11.0. The Kier molecular flexibility index (Phi) is 10.7. The average molecular weight is 560 g/mol. The Morgan fingerprint density at radius 2 is 1.35 bits per heavy atom. The van der Waals surface area contributed by atoms with Crippen LogP contribution < -0.4 is 15.2 Å². The smallest absolute Gasteiger partial charge is 0.480 e. The van der Waals surface area contributed by atoms with Crippen molar-refractivity contribution in [1.82, 2.24) is 0 Å². The van der Waals surface area contributed by atoms with Crippen LogP contribution in [0.2, 0.25) is 0 Å². The number of hydrogen-bond acceptors (Lipinski definition) is 10. The molecule has 0 aliphatic heterocycles. The molecule has 2 rings (SSSR count). The molecule has 2 aromatic rings. The van der Waals surface area contributed by atoms with Crippen LogP contribution in [-0.2, 0) is 19.0 Å². The van der Waals surface area contributed by atoms with Gasteiger partial charge in [-0.2, -0.15) is 0 Å². The highest BCUT2D eigenvalue weighted by Gasteiger charge is 2.31. The predicted molar refractivity (Wildman–Crippen MR) is 144 cm³/mol. The Bertz CT molecular complexity index is 1200. The SMILES string of the molecule is CC(CC(c1ccc(OC(=O)OC(C)(C)C)c(OC(=O)OC(C)(C)C)c1)[C@H](N)C(=O)O)OC(=O)c1ccccc1. The highest BCUT2D eigenvalue weighted by Crippen LogP contribution is 2.35. The minimum atomic E-state index is -1.41. The molecule has 0 fully saturated rings. The van der Waals surface area contributed by atoms with Crippen LogP contribution in [0.1, 0.15) is 76.7 Å². The molecule has 0 aliphatic rings. The molecule has 218 valence electrons. The van der Waals surface area contributed by atoms with E-state index in [2.05, 4.69) is 0 Å². The fraction of sp³-hybridized carbons (Fsp3) is 0.448. The molecule has 11 heteroatoms. The van der Waals surface area contributed by atoms with Crippen molar-refractivity contribution in [2.45, 2.75) is 84.2 Å². The van der Waals surface area contributed by atoms with Gasteiger partial charge < -0.3 is 34.5 Å². The summed E-state index contributed by atoms with van der Waals surface area (Å²) in [5, 5.41) is 9.69. The third-order valence-electron chi connectivity index (χ3n) is 5.18. The number of aliphatic carboxylic acids is 1. The highest BCUT2D eigenvalue weighted by molar-refractivity contribution is 5.89. The lowest BCUT2D eigenvalue weighted by atomic mass is 9.87. The van der Waals surface area contributed by atoms with Gasteiger partial charge in [-0.1, -0.05) is 24.3 Å². The first kappa shape index (κ1) is 32.1. The van der Waals surface area contributed by atoms with E-state index in [4.69, 9.17) is 29.4 Å². The summed E-state index contributed by atoms with van der Waals surface area (Å²) in [4.78, 5) is 49.2. The van der Waals surface area contributed by atoms with Crippen molar-refractivity contribution in [3.8, 4) is 11.5 Å². The van der Waals surface area contributed by atoms with Crippen LogP contribution in [0.5, 0.6) is 11.5 Å². The number of carboxylic acid groups (broad SMARTS) is 1. The van der Waals surface area contributed by atoms with E-state index in [9.17, 15) is 24.3 Å². The number of hydrogen-bond donors (Lipinski definition) is 2. The zero-order chi connectivity index (χ0) is 30.3. The van der Waals surface area contributed by atoms with Gasteiger partial charge >= 0.3 is 24.2 Å². The number of nitrogens with two attached hydrogens (primary N) is 1. The van der Waals surface area contributed by atoms with Crippen molar-refractivity contribution in [1.29, 1.82) is 0 Å². The van der Waals surface area contributed by atoms with Crippen molar-refractivity contribution in [3.05, 3.63) is 59.7 Å². The standard InChI is InChI=1S/C29H37NO10/c1-17(36-25(33)18-11-9-8-10-12-18)15-20(23(30)24(31)32)19-13-14-21(37-26(34)39-28(2,3)4)22(16-19)38-27(35)40-29(5,6)7/h8-14,16-17,20,23H,15,30H2,1-7H3,(H,31,32)/t17?,20?,23-/m0/s1. The monoisotopic (exact) mass is 559 g/mol. The van der Waals surface area contributed by atoms with Crippen LogP contribution in [0.25, 0.3) is 0 Å². The summed E-state index contributed by atoms with van der Waals surface area (Å²) in [5.74, 6) is -3.17. The van der Waals surface area contributed by atoms with Crippen LogP contribution in [0.4, 0.5) is 9.59 Å². The van der Waals surface area contributed by atoms with Crippen molar-refractivity contribution < 1.29 is 48.0 Å². The van der Waals surface area contributed by atoms with Gasteiger partial charge in [0.1, 0.15) is 23.3 Å².